The smallest absolute Gasteiger partial charge is 0.262 e. The molecule has 1 aliphatic heterocycles. The van der Waals surface area contributed by atoms with Gasteiger partial charge in [-0.25, -0.2) is 18.4 Å². The highest BCUT2D eigenvalue weighted by Gasteiger charge is 2.33. The van der Waals surface area contributed by atoms with Gasteiger partial charge in [0.15, 0.2) is 5.03 Å². The molecule has 0 saturated carbocycles. The van der Waals surface area contributed by atoms with Gasteiger partial charge < -0.3 is 14.6 Å². The lowest BCUT2D eigenvalue weighted by Gasteiger charge is -2.29. The van der Waals surface area contributed by atoms with Crippen molar-refractivity contribution in [3.63, 3.8) is 0 Å². The molecule has 1 amide bonds. The number of imidazole rings is 1. The molecule has 1 N–H and O–H groups in total. The number of hydrogen-bond donors (Lipinski definition) is 1. The number of carbonyl (C=O) groups is 1. The van der Waals surface area contributed by atoms with Crippen LogP contribution in [-0.2, 0) is 21.9 Å². The number of benzene rings is 1. The van der Waals surface area contributed by atoms with E-state index in [2.05, 4.69) is 20.3 Å². The van der Waals surface area contributed by atoms with Crippen molar-refractivity contribution in [3.8, 4) is 11.6 Å². The Bertz CT molecular complexity index is 1180. The molecule has 10 nitrogen and oxygen atoms in total. The Morgan fingerprint density at radius 3 is 2.66 bits per heavy atom. The van der Waals surface area contributed by atoms with Crippen LogP contribution in [0.5, 0.6) is 11.6 Å². The van der Waals surface area contributed by atoms with Crippen LogP contribution >= 0.6 is 0 Å². The highest BCUT2D eigenvalue weighted by atomic mass is 32.2. The number of sulfonamides is 1. The lowest BCUT2D eigenvalue weighted by atomic mass is 9.97. The van der Waals surface area contributed by atoms with Gasteiger partial charge in [0, 0.05) is 56.4 Å². The second-order valence-corrected chi connectivity index (χ2v) is 9.46. The standard InChI is InChI=1S/C21H24N6O4S/c1-15-24-20(14-26(15)2)32(29,30)27-10-6-16(7-11-27)21(28)25-17-4-3-5-18(12-17)31-19-13-22-8-9-23-19/h3-5,8-9,12-14,16H,6-7,10-11H2,1-2H3,(H,25,28). The van der Waals surface area contributed by atoms with Crippen LogP contribution in [0.2, 0.25) is 0 Å². The number of rotatable bonds is 6. The Kier molecular flexibility index (Phi) is 6.19. The van der Waals surface area contributed by atoms with Gasteiger partial charge in [0.1, 0.15) is 11.6 Å². The summed E-state index contributed by atoms with van der Waals surface area (Å²) in [5, 5.41) is 2.94. The number of anilines is 1. The molecule has 32 heavy (non-hydrogen) atoms. The zero-order valence-electron chi connectivity index (χ0n) is 17.8. The zero-order valence-corrected chi connectivity index (χ0v) is 18.6. The first-order valence-electron chi connectivity index (χ1n) is 10.2. The summed E-state index contributed by atoms with van der Waals surface area (Å²) < 4.78 is 34.4. The molecule has 1 aliphatic rings. The van der Waals surface area contributed by atoms with E-state index in [1.807, 2.05) is 0 Å². The quantitative estimate of drug-likeness (QED) is 0.605. The molecule has 2 aromatic heterocycles. The monoisotopic (exact) mass is 456 g/mol. The summed E-state index contributed by atoms with van der Waals surface area (Å²) in [5.41, 5.74) is 0.593. The Labute approximate surface area is 186 Å². The van der Waals surface area contributed by atoms with Gasteiger partial charge in [0.2, 0.25) is 11.8 Å². The Balaban J connectivity index is 1.35. The number of aryl methyl sites for hydroxylation is 2. The molecule has 0 radical (unpaired) electrons. The van der Waals surface area contributed by atoms with E-state index in [0.717, 1.165) is 0 Å². The van der Waals surface area contributed by atoms with Crippen LogP contribution in [0.3, 0.4) is 0 Å². The lowest BCUT2D eigenvalue weighted by molar-refractivity contribution is -0.120. The summed E-state index contributed by atoms with van der Waals surface area (Å²) in [4.78, 5) is 24.9. The molecule has 1 saturated heterocycles. The van der Waals surface area contributed by atoms with Crippen molar-refractivity contribution >= 4 is 21.6 Å². The highest BCUT2D eigenvalue weighted by molar-refractivity contribution is 7.89. The molecular weight excluding hydrogens is 432 g/mol. The van der Waals surface area contributed by atoms with Crippen LogP contribution in [0.15, 0.2) is 54.1 Å². The molecule has 11 heteroatoms. The fourth-order valence-corrected chi connectivity index (χ4v) is 4.98. The Morgan fingerprint density at radius 2 is 2.00 bits per heavy atom. The van der Waals surface area contributed by atoms with Crippen LogP contribution in [0.4, 0.5) is 5.69 Å². The van der Waals surface area contributed by atoms with Crippen LogP contribution in [-0.4, -0.2) is 51.2 Å². The third-order valence-corrected chi connectivity index (χ3v) is 7.15. The van der Waals surface area contributed by atoms with Crippen molar-refractivity contribution in [2.24, 2.45) is 13.0 Å². The number of nitrogens with zero attached hydrogens (tertiary/aromatic N) is 5. The molecule has 0 unspecified atom stereocenters. The summed E-state index contributed by atoms with van der Waals surface area (Å²) >= 11 is 0. The predicted molar refractivity (Wildman–Crippen MR) is 117 cm³/mol. The molecule has 0 spiro atoms. The molecule has 1 fully saturated rings. The minimum absolute atomic E-state index is 0.0420. The third-order valence-electron chi connectivity index (χ3n) is 5.38. The van der Waals surface area contributed by atoms with Gasteiger partial charge >= 0.3 is 0 Å². The first-order chi connectivity index (χ1) is 15.3. The highest BCUT2D eigenvalue weighted by Crippen LogP contribution is 2.26. The summed E-state index contributed by atoms with van der Waals surface area (Å²) in [7, 11) is -1.91. The van der Waals surface area contributed by atoms with E-state index in [1.54, 1.807) is 49.0 Å². The topological polar surface area (TPSA) is 119 Å². The van der Waals surface area contributed by atoms with E-state index >= 15 is 0 Å². The summed E-state index contributed by atoms with van der Waals surface area (Å²) in [6.45, 7) is 2.29. The van der Waals surface area contributed by atoms with Gasteiger partial charge in [-0.1, -0.05) is 6.07 Å². The SMILES string of the molecule is Cc1nc(S(=O)(=O)N2CCC(C(=O)Nc3cccc(Oc4cnccn4)c3)CC2)cn1C. The van der Waals surface area contributed by atoms with E-state index in [4.69, 9.17) is 4.74 Å². The second-order valence-electron chi connectivity index (χ2n) is 7.58. The lowest BCUT2D eigenvalue weighted by Crippen LogP contribution is -2.41. The average molecular weight is 457 g/mol. The fraction of sp³-hybridized carbons (Fsp3) is 0.333. The molecule has 0 aliphatic carbocycles. The van der Waals surface area contributed by atoms with E-state index in [9.17, 15) is 13.2 Å². The number of aromatic nitrogens is 4. The molecule has 3 aromatic rings. The summed E-state index contributed by atoms with van der Waals surface area (Å²) in [6.07, 6.45) is 6.97. The minimum atomic E-state index is -3.66. The molecule has 4 rings (SSSR count). The molecule has 0 bridgehead atoms. The van der Waals surface area contributed by atoms with Crippen LogP contribution < -0.4 is 10.1 Å². The van der Waals surface area contributed by atoms with Crippen LogP contribution in [0, 0.1) is 12.8 Å². The first kappa shape index (κ1) is 21.9. The van der Waals surface area contributed by atoms with Crippen LogP contribution in [0.1, 0.15) is 18.7 Å². The normalized spacial score (nSPS) is 15.4. The van der Waals surface area contributed by atoms with Gasteiger partial charge in [-0.2, -0.15) is 4.31 Å². The number of amides is 1. The van der Waals surface area contributed by atoms with E-state index in [1.165, 1.54) is 22.9 Å². The molecule has 168 valence electrons. The van der Waals surface area contributed by atoms with E-state index in [-0.39, 0.29) is 29.9 Å². The second kappa shape index (κ2) is 9.05. The Hall–Kier alpha value is -3.31. The molecule has 3 heterocycles. The largest absolute Gasteiger partial charge is 0.437 e. The first-order valence-corrected chi connectivity index (χ1v) is 11.6. The average Bonchev–Trinajstić information content (AvgIpc) is 3.14. The van der Waals surface area contributed by atoms with Gasteiger partial charge in [-0.3, -0.25) is 9.78 Å². The summed E-state index contributed by atoms with van der Waals surface area (Å²) in [5.74, 6) is 1.08. The maximum absolute atomic E-state index is 12.8. The maximum Gasteiger partial charge on any atom is 0.262 e. The van der Waals surface area contributed by atoms with Gasteiger partial charge in [-0.05, 0) is 31.9 Å². The molecule has 0 atom stereocenters. The van der Waals surface area contributed by atoms with Gasteiger partial charge in [-0.15, -0.1) is 0 Å². The third kappa shape index (κ3) is 4.78. The van der Waals surface area contributed by atoms with Gasteiger partial charge in [0.05, 0.1) is 6.20 Å². The van der Waals surface area contributed by atoms with Crippen molar-refractivity contribution < 1.29 is 17.9 Å². The van der Waals surface area contributed by atoms with Crippen molar-refractivity contribution in [2.45, 2.75) is 24.8 Å². The van der Waals surface area contributed by atoms with E-state index in [0.29, 0.717) is 36.0 Å². The number of hydrogen-bond acceptors (Lipinski definition) is 7. The number of carbonyl (C=O) groups excluding carboxylic acids is 1. The van der Waals surface area contributed by atoms with Crippen molar-refractivity contribution in [1.29, 1.82) is 0 Å². The number of piperidine rings is 1. The van der Waals surface area contributed by atoms with Crippen molar-refractivity contribution in [1.82, 2.24) is 23.8 Å². The molecule has 1 aromatic carbocycles. The Morgan fingerprint density at radius 1 is 1.22 bits per heavy atom. The van der Waals surface area contributed by atoms with Crippen molar-refractivity contribution in [2.75, 3.05) is 18.4 Å². The fourth-order valence-electron chi connectivity index (χ4n) is 3.48. The number of ether oxygens (including phenoxy) is 1. The van der Waals surface area contributed by atoms with Gasteiger partial charge in [0.25, 0.3) is 10.0 Å². The summed E-state index contributed by atoms with van der Waals surface area (Å²) in [6, 6.07) is 7.00. The zero-order chi connectivity index (χ0) is 22.7. The van der Waals surface area contributed by atoms with Crippen LogP contribution in [0.25, 0.3) is 0 Å². The molecular formula is C21H24N6O4S. The van der Waals surface area contributed by atoms with E-state index < -0.39 is 10.0 Å². The maximum atomic E-state index is 12.8. The number of nitrogens with one attached hydrogen (secondary N) is 1. The minimum Gasteiger partial charge on any atom is -0.437 e. The predicted octanol–water partition coefficient (Wildman–Crippen LogP) is 2.35. The van der Waals surface area contributed by atoms with Crippen molar-refractivity contribution in [3.05, 3.63) is 54.9 Å².